The van der Waals surface area contributed by atoms with Crippen LogP contribution in [0.1, 0.15) is 27.2 Å². The minimum atomic E-state index is -0.522. The van der Waals surface area contributed by atoms with Crippen LogP contribution in [0, 0.1) is 0 Å². The summed E-state index contributed by atoms with van der Waals surface area (Å²) in [6, 6.07) is 0.642. The van der Waals surface area contributed by atoms with E-state index < -0.39 is 5.60 Å². The van der Waals surface area contributed by atoms with Crippen molar-refractivity contribution in [3.05, 3.63) is 0 Å². The lowest BCUT2D eigenvalue weighted by atomic mass is 10.0. The van der Waals surface area contributed by atoms with E-state index in [4.69, 9.17) is 0 Å². The molecule has 2 N–H and O–H groups in total. The summed E-state index contributed by atoms with van der Waals surface area (Å²) in [6.07, 6.45) is 0.823. The van der Waals surface area contributed by atoms with E-state index in [2.05, 4.69) is 17.1 Å². The van der Waals surface area contributed by atoms with Gasteiger partial charge in [0.15, 0.2) is 0 Å². The first kappa shape index (κ1) is 11.0. The highest BCUT2D eigenvalue weighted by molar-refractivity contribution is 4.87. The second-order valence-corrected chi connectivity index (χ2v) is 4.23. The van der Waals surface area contributed by atoms with Gasteiger partial charge >= 0.3 is 0 Å². The van der Waals surface area contributed by atoms with Gasteiger partial charge in [0, 0.05) is 25.7 Å². The maximum atomic E-state index is 9.93. The van der Waals surface area contributed by atoms with Crippen LogP contribution in [0.2, 0.25) is 0 Å². The molecule has 0 aromatic carbocycles. The van der Waals surface area contributed by atoms with E-state index in [-0.39, 0.29) is 0 Å². The van der Waals surface area contributed by atoms with Crippen LogP contribution in [0.5, 0.6) is 0 Å². The first-order valence-corrected chi connectivity index (χ1v) is 5.26. The zero-order valence-electron chi connectivity index (χ0n) is 9.01. The largest absolute Gasteiger partial charge is 0.389 e. The molecule has 1 aliphatic heterocycles. The van der Waals surface area contributed by atoms with Crippen LogP contribution in [0.25, 0.3) is 0 Å². The summed E-state index contributed by atoms with van der Waals surface area (Å²) >= 11 is 0. The molecule has 0 spiro atoms. The summed E-state index contributed by atoms with van der Waals surface area (Å²) < 4.78 is 0. The van der Waals surface area contributed by atoms with Crippen molar-refractivity contribution < 1.29 is 5.11 Å². The van der Waals surface area contributed by atoms with Gasteiger partial charge in [0.1, 0.15) is 0 Å². The number of hydrogen-bond acceptors (Lipinski definition) is 3. The lowest BCUT2D eigenvalue weighted by molar-refractivity contribution is -0.00317. The fourth-order valence-electron chi connectivity index (χ4n) is 1.58. The van der Waals surface area contributed by atoms with Crippen molar-refractivity contribution in [1.82, 2.24) is 10.2 Å². The van der Waals surface area contributed by atoms with E-state index in [9.17, 15) is 5.11 Å². The standard InChI is InChI=1S/C10H22N2O/c1-4-10(3,13)8-12(5-2)9-6-11-7-9/h9,11,13H,4-8H2,1-3H3. The van der Waals surface area contributed by atoms with Gasteiger partial charge in [-0.25, -0.2) is 0 Å². The minimum Gasteiger partial charge on any atom is -0.389 e. The summed E-state index contributed by atoms with van der Waals surface area (Å²) in [4.78, 5) is 2.36. The smallest absolute Gasteiger partial charge is 0.0743 e. The van der Waals surface area contributed by atoms with Crippen molar-refractivity contribution in [2.24, 2.45) is 0 Å². The van der Waals surface area contributed by atoms with Crippen LogP contribution in [-0.2, 0) is 0 Å². The van der Waals surface area contributed by atoms with Crippen molar-refractivity contribution in [3.8, 4) is 0 Å². The average Bonchev–Trinajstić information content (AvgIpc) is 2.00. The molecular formula is C10H22N2O. The molecule has 3 nitrogen and oxygen atoms in total. The number of likely N-dealkylation sites (N-methyl/N-ethyl adjacent to an activating group) is 1. The van der Waals surface area contributed by atoms with E-state index >= 15 is 0 Å². The van der Waals surface area contributed by atoms with Gasteiger partial charge in [-0.3, -0.25) is 4.90 Å². The maximum absolute atomic E-state index is 9.93. The molecule has 0 radical (unpaired) electrons. The molecule has 1 aliphatic rings. The Labute approximate surface area is 81.1 Å². The van der Waals surface area contributed by atoms with Crippen molar-refractivity contribution in [2.45, 2.75) is 38.8 Å². The van der Waals surface area contributed by atoms with Gasteiger partial charge in [-0.15, -0.1) is 0 Å². The van der Waals surface area contributed by atoms with Gasteiger partial charge in [0.05, 0.1) is 5.60 Å². The summed E-state index contributed by atoms with van der Waals surface area (Å²) in [7, 11) is 0. The summed E-state index contributed by atoms with van der Waals surface area (Å²) in [5.41, 5.74) is -0.522. The number of nitrogens with zero attached hydrogens (tertiary/aromatic N) is 1. The first-order chi connectivity index (χ1) is 6.09. The first-order valence-electron chi connectivity index (χ1n) is 5.26. The monoisotopic (exact) mass is 186 g/mol. The quantitative estimate of drug-likeness (QED) is 0.654. The van der Waals surface area contributed by atoms with Crippen molar-refractivity contribution in [1.29, 1.82) is 0 Å². The highest BCUT2D eigenvalue weighted by atomic mass is 16.3. The Morgan fingerprint density at radius 2 is 2.08 bits per heavy atom. The third-order valence-corrected chi connectivity index (χ3v) is 2.99. The summed E-state index contributed by atoms with van der Waals surface area (Å²) in [5, 5.41) is 13.2. The molecule has 13 heavy (non-hydrogen) atoms. The van der Waals surface area contributed by atoms with E-state index in [0.29, 0.717) is 6.04 Å². The topological polar surface area (TPSA) is 35.5 Å². The molecule has 0 bridgehead atoms. The Morgan fingerprint density at radius 3 is 2.38 bits per heavy atom. The summed E-state index contributed by atoms with van der Waals surface area (Å²) in [5.74, 6) is 0. The second-order valence-electron chi connectivity index (χ2n) is 4.23. The van der Waals surface area contributed by atoms with Gasteiger partial charge in [-0.2, -0.15) is 0 Å². The fourth-order valence-corrected chi connectivity index (χ4v) is 1.58. The highest BCUT2D eigenvalue weighted by Crippen LogP contribution is 2.14. The fraction of sp³-hybridized carbons (Fsp3) is 1.00. The molecule has 1 fully saturated rings. The van der Waals surface area contributed by atoms with Crippen molar-refractivity contribution in [3.63, 3.8) is 0 Å². The predicted octanol–water partition coefficient (Wildman–Crippen LogP) is 0.441. The molecule has 1 saturated heterocycles. The third-order valence-electron chi connectivity index (χ3n) is 2.99. The zero-order valence-corrected chi connectivity index (χ0v) is 9.01. The maximum Gasteiger partial charge on any atom is 0.0743 e. The molecule has 1 unspecified atom stereocenters. The van der Waals surface area contributed by atoms with Crippen LogP contribution in [0.15, 0.2) is 0 Å². The second kappa shape index (κ2) is 4.40. The lowest BCUT2D eigenvalue weighted by Crippen LogP contribution is -2.59. The van der Waals surface area contributed by atoms with Crippen LogP contribution in [0.4, 0.5) is 0 Å². The van der Waals surface area contributed by atoms with E-state index in [1.807, 2.05) is 13.8 Å². The Kier molecular flexibility index (Phi) is 3.71. The summed E-state index contributed by atoms with van der Waals surface area (Å²) in [6.45, 7) is 10.1. The number of aliphatic hydroxyl groups is 1. The SMILES string of the molecule is CCN(CC(C)(O)CC)C1CNC1. The zero-order chi connectivity index (χ0) is 9.90. The average molecular weight is 186 g/mol. The van der Waals surface area contributed by atoms with Crippen LogP contribution < -0.4 is 5.32 Å². The molecule has 0 saturated carbocycles. The molecular weight excluding hydrogens is 164 g/mol. The Morgan fingerprint density at radius 1 is 1.46 bits per heavy atom. The molecule has 1 atom stereocenters. The Bertz CT molecular complexity index is 155. The van der Waals surface area contributed by atoms with Crippen LogP contribution in [-0.4, -0.2) is 47.8 Å². The molecule has 0 aliphatic carbocycles. The molecule has 0 aromatic rings. The van der Waals surface area contributed by atoms with Gasteiger partial charge < -0.3 is 10.4 Å². The van der Waals surface area contributed by atoms with Gasteiger partial charge in [0.25, 0.3) is 0 Å². The van der Waals surface area contributed by atoms with Crippen LogP contribution >= 0.6 is 0 Å². The van der Waals surface area contributed by atoms with Crippen molar-refractivity contribution in [2.75, 3.05) is 26.2 Å². The minimum absolute atomic E-state index is 0.522. The van der Waals surface area contributed by atoms with Crippen LogP contribution in [0.3, 0.4) is 0 Å². The van der Waals surface area contributed by atoms with E-state index in [1.54, 1.807) is 0 Å². The molecule has 78 valence electrons. The Hall–Kier alpha value is -0.120. The van der Waals surface area contributed by atoms with Crippen molar-refractivity contribution >= 4 is 0 Å². The van der Waals surface area contributed by atoms with Gasteiger partial charge in [-0.1, -0.05) is 13.8 Å². The number of hydrogen-bond donors (Lipinski definition) is 2. The normalized spacial score (nSPS) is 22.8. The molecule has 1 heterocycles. The lowest BCUT2D eigenvalue weighted by Gasteiger charge is -2.41. The van der Waals surface area contributed by atoms with E-state index in [1.165, 1.54) is 0 Å². The molecule has 3 heteroatoms. The van der Waals surface area contributed by atoms with E-state index in [0.717, 1.165) is 32.6 Å². The molecule has 0 amide bonds. The predicted molar refractivity (Wildman–Crippen MR) is 54.8 cm³/mol. The third kappa shape index (κ3) is 2.93. The molecule has 0 aromatic heterocycles. The number of nitrogens with one attached hydrogen (secondary N) is 1. The Balaban J connectivity index is 2.38. The van der Waals surface area contributed by atoms with Gasteiger partial charge in [-0.05, 0) is 19.9 Å². The van der Waals surface area contributed by atoms with Gasteiger partial charge in [0.2, 0.25) is 0 Å². The highest BCUT2D eigenvalue weighted by Gasteiger charge is 2.28. The molecule has 1 rings (SSSR count). The number of rotatable bonds is 5.